The fraction of sp³-hybridized carbons (Fsp3) is 0.800. The van der Waals surface area contributed by atoms with Gasteiger partial charge in [-0.2, -0.15) is 0 Å². The van der Waals surface area contributed by atoms with Gasteiger partial charge in [0.05, 0.1) is 6.61 Å². The lowest BCUT2D eigenvalue weighted by Gasteiger charge is -2.25. The molecule has 84 valence electrons. The summed E-state index contributed by atoms with van der Waals surface area (Å²) in [5.74, 6) is -1.05. The highest BCUT2D eigenvalue weighted by atomic mass is 16.5. The summed E-state index contributed by atoms with van der Waals surface area (Å²) in [6.07, 6.45) is 2.33. The normalized spacial score (nSPS) is 36.3. The molecule has 2 fully saturated rings. The summed E-state index contributed by atoms with van der Waals surface area (Å²) in [5, 5.41) is 11.3. The van der Waals surface area contributed by atoms with Crippen molar-refractivity contribution in [2.75, 3.05) is 13.2 Å². The lowest BCUT2D eigenvalue weighted by Crippen LogP contribution is -2.34. The molecule has 0 radical (unpaired) electrons. The number of aliphatic carboxylic acids is 1. The minimum Gasteiger partial charge on any atom is -0.480 e. The second-order valence-corrected chi connectivity index (χ2v) is 4.22. The Morgan fingerprint density at radius 3 is 2.87 bits per heavy atom. The van der Waals surface area contributed by atoms with Gasteiger partial charge >= 0.3 is 5.97 Å². The second-order valence-electron chi connectivity index (χ2n) is 4.22. The molecule has 0 spiro atoms. The predicted molar refractivity (Wildman–Crippen MR) is 51.2 cm³/mol. The molecule has 2 N–H and O–H groups in total. The number of ether oxygens (including phenoxy) is 1. The van der Waals surface area contributed by atoms with Crippen LogP contribution in [0.25, 0.3) is 0 Å². The van der Waals surface area contributed by atoms with Crippen molar-refractivity contribution >= 4 is 11.9 Å². The van der Waals surface area contributed by atoms with E-state index in [1.54, 1.807) is 0 Å². The van der Waals surface area contributed by atoms with Crippen molar-refractivity contribution in [1.82, 2.24) is 5.32 Å². The third kappa shape index (κ3) is 2.12. The van der Waals surface area contributed by atoms with Crippen molar-refractivity contribution in [3.05, 3.63) is 0 Å². The highest BCUT2D eigenvalue weighted by Gasteiger charge is 2.40. The first-order chi connectivity index (χ1) is 7.18. The molecule has 0 aromatic carbocycles. The molecule has 2 aliphatic heterocycles. The SMILES string of the molecule is O=C(O)C1CC(C2CCCOC2)C(=O)N1. The Labute approximate surface area is 87.8 Å². The lowest BCUT2D eigenvalue weighted by atomic mass is 9.85. The van der Waals surface area contributed by atoms with Gasteiger partial charge in [0.25, 0.3) is 0 Å². The predicted octanol–water partition coefficient (Wildman–Crippen LogP) is 0.00230. The number of carbonyl (C=O) groups is 2. The highest BCUT2D eigenvalue weighted by Crippen LogP contribution is 2.29. The topological polar surface area (TPSA) is 75.6 Å². The van der Waals surface area contributed by atoms with Crippen LogP contribution in [0.5, 0.6) is 0 Å². The van der Waals surface area contributed by atoms with Gasteiger partial charge in [-0.3, -0.25) is 4.79 Å². The monoisotopic (exact) mass is 213 g/mol. The van der Waals surface area contributed by atoms with Gasteiger partial charge in [0.1, 0.15) is 6.04 Å². The van der Waals surface area contributed by atoms with E-state index in [0.717, 1.165) is 19.4 Å². The number of hydrogen-bond acceptors (Lipinski definition) is 3. The molecular formula is C10H15NO4. The van der Waals surface area contributed by atoms with Crippen LogP contribution in [0.4, 0.5) is 0 Å². The average Bonchev–Trinajstić information content (AvgIpc) is 2.62. The largest absolute Gasteiger partial charge is 0.480 e. The molecule has 5 heteroatoms. The van der Waals surface area contributed by atoms with E-state index in [0.29, 0.717) is 13.0 Å². The van der Waals surface area contributed by atoms with E-state index in [1.807, 2.05) is 0 Å². The zero-order chi connectivity index (χ0) is 10.8. The standard InChI is InChI=1S/C10H15NO4/c12-9-7(4-8(11-9)10(13)14)6-2-1-3-15-5-6/h6-8H,1-5H2,(H,11,12)(H,13,14). The van der Waals surface area contributed by atoms with Gasteiger partial charge < -0.3 is 15.2 Å². The molecule has 2 saturated heterocycles. The molecule has 0 aromatic rings. The fourth-order valence-corrected chi connectivity index (χ4v) is 2.35. The van der Waals surface area contributed by atoms with Gasteiger partial charge in [-0.1, -0.05) is 0 Å². The Kier molecular flexibility index (Phi) is 2.90. The fourth-order valence-electron chi connectivity index (χ4n) is 2.35. The minimum atomic E-state index is -0.942. The molecule has 3 unspecified atom stereocenters. The maximum atomic E-state index is 11.6. The third-order valence-corrected chi connectivity index (χ3v) is 3.21. The maximum Gasteiger partial charge on any atom is 0.326 e. The van der Waals surface area contributed by atoms with E-state index in [1.165, 1.54) is 0 Å². The molecule has 5 nitrogen and oxygen atoms in total. The average molecular weight is 213 g/mol. The van der Waals surface area contributed by atoms with Crippen LogP contribution < -0.4 is 5.32 Å². The van der Waals surface area contributed by atoms with Crippen molar-refractivity contribution in [2.24, 2.45) is 11.8 Å². The Bertz CT molecular complexity index is 273. The zero-order valence-corrected chi connectivity index (χ0v) is 8.44. The van der Waals surface area contributed by atoms with Crippen LogP contribution in [-0.2, 0) is 14.3 Å². The van der Waals surface area contributed by atoms with Crippen molar-refractivity contribution in [3.8, 4) is 0 Å². The van der Waals surface area contributed by atoms with Crippen LogP contribution in [0.2, 0.25) is 0 Å². The summed E-state index contributed by atoms with van der Waals surface area (Å²) >= 11 is 0. The summed E-state index contributed by atoms with van der Waals surface area (Å²) in [4.78, 5) is 22.3. The van der Waals surface area contributed by atoms with Crippen molar-refractivity contribution in [1.29, 1.82) is 0 Å². The molecule has 0 saturated carbocycles. The molecule has 2 heterocycles. The molecule has 15 heavy (non-hydrogen) atoms. The number of carbonyl (C=O) groups excluding carboxylic acids is 1. The molecular weight excluding hydrogens is 198 g/mol. The number of amides is 1. The molecule has 1 amide bonds. The van der Waals surface area contributed by atoms with Gasteiger partial charge in [-0.05, 0) is 25.2 Å². The Hall–Kier alpha value is -1.10. The first-order valence-electron chi connectivity index (χ1n) is 5.29. The Morgan fingerprint density at radius 2 is 2.33 bits per heavy atom. The Balaban J connectivity index is 1.97. The number of hydrogen-bond donors (Lipinski definition) is 2. The van der Waals surface area contributed by atoms with E-state index in [9.17, 15) is 9.59 Å². The summed E-state index contributed by atoms with van der Waals surface area (Å²) in [6, 6.07) is -0.704. The lowest BCUT2D eigenvalue weighted by molar-refractivity contribution is -0.140. The van der Waals surface area contributed by atoms with Crippen LogP contribution in [0.1, 0.15) is 19.3 Å². The minimum absolute atomic E-state index is 0.127. The van der Waals surface area contributed by atoms with E-state index < -0.39 is 12.0 Å². The summed E-state index contributed by atoms with van der Waals surface area (Å²) < 4.78 is 5.31. The van der Waals surface area contributed by atoms with Gasteiger partial charge in [-0.15, -0.1) is 0 Å². The number of carboxylic acid groups (broad SMARTS) is 1. The maximum absolute atomic E-state index is 11.6. The van der Waals surface area contributed by atoms with Crippen LogP contribution in [0.3, 0.4) is 0 Å². The van der Waals surface area contributed by atoms with E-state index in [4.69, 9.17) is 9.84 Å². The quantitative estimate of drug-likeness (QED) is 0.677. The van der Waals surface area contributed by atoms with Crippen LogP contribution >= 0.6 is 0 Å². The van der Waals surface area contributed by atoms with Gasteiger partial charge in [0, 0.05) is 12.5 Å². The summed E-state index contributed by atoms with van der Waals surface area (Å²) in [7, 11) is 0. The molecule has 2 aliphatic rings. The van der Waals surface area contributed by atoms with Crippen LogP contribution in [0, 0.1) is 11.8 Å². The van der Waals surface area contributed by atoms with E-state index in [-0.39, 0.29) is 17.7 Å². The third-order valence-electron chi connectivity index (χ3n) is 3.21. The van der Waals surface area contributed by atoms with E-state index >= 15 is 0 Å². The van der Waals surface area contributed by atoms with E-state index in [2.05, 4.69) is 5.32 Å². The van der Waals surface area contributed by atoms with Gasteiger partial charge in [0.2, 0.25) is 5.91 Å². The van der Waals surface area contributed by atoms with Crippen molar-refractivity contribution in [2.45, 2.75) is 25.3 Å². The first-order valence-corrected chi connectivity index (χ1v) is 5.29. The number of nitrogens with one attached hydrogen (secondary N) is 1. The number of carboxylic acids is 1. The molecule has 0 bridgehead atoms. The molecule has 0 aromatic heterocycles. The summed E-state index contributed by atoms with van der Waals surface area (Å²) in [6.45, 7) is 1.34. The second kappa shape index (κ2) is 4.18. The van der Waals surface area contributed by atoms with Gasteiger partial charge in [-0.25, -0.2) is 4.79 Å². The molecule has 2 rings (SSSR count). The van der Waals surface area contributed by atoms with Crippen molar-refractivity contribution in [3.63, 3.8) is 0 Å². The number of rotatable bonds is 2. The zero-order valence-electron chi connectivity index (χ0n) is 8.44. The molecule has 0 aliphatic carbocycles. The van der Waals surface area contributed by atoms with Crippen LogP contribution in [0.15, 0.2) is 0 Å². The van der Waals surface area contributed by atoms with Crippen molar-refractivity contribution < 1.29 is 19.4 Å². The highest BCUT2D eigenvalue weighted by molar-refractivity contribution is 5.89. The smallest absolute Gasteiger partial charge is 0.326 e. The summed E-state index contributed by atoms with van der Waals surface area (Å²) in [5.41, 5.74) is 0. The first kappa shape index (κ1) is 10.4. The Morgan fingerprint density at radius 1 is 1.53 bits per heavy atom. The van der Waals surface area contributed by atoms with Crippen LogP contribution in [-0.4, -0.2) is 36.2 Å². The van der Waals surface area contributed by atoms with Gasteiger partial charge in [0.15, 0.2) is 0 Å². The molecule has 3 atom stereocenters.